The summed E-state index contributed by atoms with van der Waals surface area (Å²) in [4.78, 5) is 2.35. The Morgan fingerprint density at radius 3 is 1.63 bits per heavy atom. The van der Waals surface area contributed by atoms with Gasteiger partial charge in [0.2, 0.25) is 0 Å². The predicted molar refractivity (Wildman–Crippen MR) is 81.7 cm³/mol. The molecule has 0 unspecified atom stereocenters. The minimum Gasteiger partial charge on any atom is -0.331 e. The Kier molecular flexibility index (Phi) is 3.46. The van der Waals surface area contributed by atoms with E-state index in [-0.39, 0.29) is 0 Å². The van der Waals surface area contributed by atoms with Gasteiger partial charge in [0.05, 0.1) is 6.04 Å². The number of nitrogens with zero attached hydrogens (tertiary/aromatic N) is 1. The molecule has 0 aromatic heterocycles. The van der Waals surface area contributed by atoms with Gasteiger partial charge in [-0.3, -0.25) is 0 Å². The zero-order valence-corrected chi connectivity index (χ0v) is 10.8. The van der Waals surface area contributed by atoms with Crippen LogP contribution in [0.3, 0.4) is 0 Å². The van der Waals surface area contributed by atoms with E-state index in [0.29, 0.717) is 6.04 Å². The molecule has 0 spiro atoms. The summed E-state index contributed by atoms with van der Waals surface area (Å²) >= 11 is 0. The van der Waals surface area contributed by atoms with Gasteiger partial charge in [0.15, 0.2) is 0 Å². The second-order valence-electron chi connectivity index (χ2n) is 4.62. The van der Waals surface area contributed by atoms with Crippen molar-refractivity contribution in [2.24, 2.45) is 0 Å². The fraction of sp³-hybridized carbons (Fsp3) is 0.111. The molecule has 0 amide bonds. The normalized spacial score (nSPS) is 14.5. The van der Waals surface area contributed by atoms with Gasteiger partial charge in [0, 0.05) is 11.4 Å². The maximum absolute atomic E-state index is 2.35. The first-order valence-corrected chi connectivity index (χ1v) is 6.68. The number of para-hydroxylation sites is 2. The van der Waals surface area contributed by atoms with Crippen molar-refractivity contribution in [3.05, 3.63) is 85.0 Å². The molecule has 1 aliphatic rings. The van der Waals surface area contributed by atoms with Crippen molar-refractivity contribution >= 4 is 11.4 Å². The Balaban J connectivity index is 2.03. The molecule has 0 atom stereocenters. The van der Waals surface area contributed by atoms with Gasteiger partial charge in [-0.05, 0) is 30.7 Å². The smallest absolute Gasteiger partial charge is 0.0706 e. The van der Waals surface area contributed by atoms with Gasteiger partial charge in [0.1, 0.15) is 0 Å². The van der Waals surface area contributed by atoms with E-state index >= 15 is 0 Å². The van der Waals surface area contributed by atoms with E-state index in [9.17, 15) is 0 Å². The van der Waals surface area contributed by atoms with Gasteiger partial charge in [-0.15, -0.1) is 0 Å². The average Bonchev–Trinajstić information content (AvgIpc) is 2.51. The Hall–Kier alpha value is -2.28. The van der Waals surface area contributed by atoms with Crippen LogP contribution in [0, 0.1) is 0 Å². The Morgan fingerprint density at radius 2 is 1.16 bits per heavy atom. The van der Waals surface area contributed by atoms with Crippen molar-refractivity contribution < 1.29 is 0 Å². The molecule has 0 saturated heterocycles. The molecular formula is C18H17N. The van der Waals surface area contributed by atoms with Gasteiger partial charge >= 0.3 is 0 Å². The quantitative estimate of drug-likeness (QED) is 0.710. The minimum atomic E-state index is 0.290. The summed E-state index contributed by atoms with van der Waals surface area (Å²) in [7, 11) is 0. The summed E-state index contributed by atoms with van der Waals surface area (Å²) in [5, 5.41) is 0. The summed E-state index contributed by atoms with van der Waals surface area (Å²) < 4.78 is 0. The summed E-state index contributed by atoms with van der Waals surface area (Å²) in [6.07, 6.45) is 10.0. The van der Waals surface area contributed by atoms with Crippen LogP contribution in [0.15, 0.2) is 85.0 Å². The molecule has 0 saturated carbocycles. The maximum Gasteiger partial charge on any atom is 0.0706 e. The monoisotopic (exact) mass is 247 g/mol. The molecule has 0 heterocycles. The summed E-state index contributed by atoms with van der Waals surface area (Å²) in [6.45, 7) is 0. The largest absolute Gasteiger partial charge is 0.331 e. The molecule has 0 fully saturated rings. The molecule has 1 aliphatic carbocycles. The fourth-order valence-corrected chi connectivity index (χ4v) is 2.42. The lowest BCUT2D eigenvalue weighted by Gasteiger charge is -2.31. The third-order valence-electron chi connectivity index (χ3n) is 3.31. The predicted octanol–water partition coefficient (Wildman–Crippen LogP) is 4.71. The second kappa shape index (κ2) is 5.57. The number of rotatable bonds is 3. The van der Waals surface area contributed by atoms with Gasteiger partial charge in [-0.2, -0.15) is 0 Å². The van der Waals surface area contributed by atoms with Gasteiger partial charge in [0.25, 0.3) is 0 Å². The van der Waals surface area contributed by atoms with E-state index in [4.69, 9.17) is 0 Å². The van der Waals surface area contributed by atoms with Crippen LogP contribution >= 0.6 is 0 Å². The molecule has 3 rings (SSSR count). The molecule has 94 valence electrons. The van der Waals surface area contributed by atoms with E-state index in [1.54, 1.807) is 0 Å². The number of hydrogen-bond acceptors (Lipinski definition) is 1. The van der Waals surface area contributed by atoms with Crippen LogP contribution in [-0.2, 0) is 0 Å². The maximum atomic E-state index is 2.35. The highest BCUT2D eigenvalue weighted by Crippen LogP contribution is 2.29. The highest BCUT2D eigenvalue weighted by molar-refractivity contribution is 5.65. The molecule has 0 aliphatic heterocycles. The number of benzene rings is 2. The number of allylic oxidation sites excluding steroid dienone is 2. The van der Waals surface area contributed by atoms with Crippen molar-refractivity contribution in [2.45, 2.75) is 12.5 Å². The van der Waals surface area contributed by atoms with Crippen LogP contribution in [0.1, 0.15) is 6.42 Å². The first kappa shape index (κ1) is 11.8. The zero-order valence-electron chi connectivity index (χ0n) is 10.8. The molecule has 1 heteroatoms. The summed E-state index contributed by atoms with van der Waals surface area (Å²) in [5.41, 5.74) is 2.44. The van der Waals surface area contributed by atoms with Crippen LogP contribution in [0.25, 0.3) is 0 Å². The molecule has 1 nitrogen and oxygen atoms in total. The first-order valence-electron chi connectivity index (χ1n) is 6.68. The van der Waals surface area contributed by atoms with Crippen LogP contribution in [-0.4, -0.2) is 6.04 Å². The topological polar surface area (TPSA) is 3.24 Å². The van der Waals surface area contributed by atoms with Gasteiger partial charge in [-0.1, -0.05) is 60.7 Å². The Bertz CT molecular complexity index is 518. The van der Waals surface area contributed by atoms with Crippen molar-refractivity contribution in [2.75, 3.05) is 4.90 Å². The Labute approximate surface area is 114 Å². The molecule has 2 aromatic rings. The molecule has 19 heavy (non-hydrogen) atoms. The highest BCUT2D eigenvalue weighted by Gasteiger charge is 2.16. The van der Waals surface area contributed by atoms with Crippen LogP contribution < -0.4 is 4.90 Å². The minimum absolute atomic E-state index is 0.290. The van der Waals surface area contributed by atoms with E-state index in [1.807, 2.05) is 0 Å². The molecule has 0 bridgehead atoms. The van der Waals surface area contributed by atoms with E-state index < -0.39 is 0 Å². The van der Waals surface area contributed by atoms with Gasteiger partial charge < -0.3 is 4.90 Å². The van der Waals surface area contributed by atoms with E-state index in [2.05, 4.69) is 89.9 Å². The van der Waals surface area contributed by atoms with Crippen LogP contribution in [0.2, 0.25) is 0 Å². The molecule has 0 radical (unpaired) electrons. The van der Waals surface area contributed by atoms with Crippen molar-refractivity contribution in [3.8, 4) is 0 Å². The molecular weight excluding hydrogens is 230 g/mol. The van der Waals surface area contributed by atoms with Crippen molar-refractivity contribution in [1.29, 1.82) is 0 Å². The van der Waals surface area contributed by atoms with Crippen molar-refractivity contribution in [3.63, 3.8) is 0 Å². The van der Waals surface area contributed by atoms with Crippen molar-refractivity contribution in [1.82, 2.24) is 0 Å². The average molecular weight is 247 g/mol. The summed E-state index contributed by atoms with van der Waals surface area (Å²) in [5.74, 6) is 0. The number of hydrogen-bond donors (Lipinski definition) is 0. The Morgan fingerprint density at radius 1 is 0.684 bits per heavy atom. The van der Waals surface area contributed by atoms with Crippen LogP contribution in [0.4, 0.5) is 11.4 Å². The van der Waals surface area contributed by atoms with E-state index in [1.165, 1.54) is 11.4 Å². The summed E-state index contributed by atoms with van der Waals surface area (Å²) in [6, 6.07) is 21.4. The standard InChI is InChI=1S/C18H17N/c1-4-10-16(11-5-1)19(17-12-6-2-7-13-17)18-14-8-3-9-15-18/h1-2,4-15,18H,3H2. The molecule has 2 aromatic carbocycles. The van der Waals surface area contributed by atoms with Gasteiger partial charge in [-0.25, -0.2) is 0 Å². The first-order chi connectivity index (χ1) is 9.45. The molecule has 0 N–H and O–H groups in total. The third kappa shape index (κ3) is 2.60. The third-order valence-corrected chi connectivity index (χ3v) is 3.31. The zero-order chi connectivity index (χ0) is 12.9. The highest BCUT2D eigenvalue weighted by atomic mass is 15.2. The fourth-order valence-electron chi connectivity index (χ4n) is 2.42. The second-order valence-corrected chi connectivity index (χ2v) is 4.62. The lowest BCUT2D eigenvalue weighted by Crippen LogP contribution is -2.28. The number of anilines is 2. The SMILES string of the molecule is C1=CC(N(c2ccccc2)c2ccccc2)C=CC1. The lowest BCUT2D eigenvalue weighted by atomic mass is 10.1. The lowest BCUT2D eigenvalue weighted by molar-refractivity contribution is 0.921. The van der Waals surface area contributed by atoms with E-state index in [0.717, 1.165) is 6.42 Å². The van der Waals surface area contributed by atoms with Crippen LogP contribution in [0.5, 0.6) is 0 Å².